The van der Waals surface area contributed by atoms with Crippen molar-refractivity contribution in [3.8, 4) is 0 Å². The van der Waals surface area contributed by atoms with E-state index in [1.165, 1.54) is 12.1 Å². The summed E-state index contributed by atoms with van der Waals surface area (Å²) >= 11 is 0. The van der Waals surface area contributed by atoms with Crippen LogP contribution in [0.4, 0.5) is 5.69 Å². The summed E-state index contributed by atoms with van der Waals surface area (Å²) in [7, 11) is -4.71. The third-order valence-electron chi connectivity index (χ3n) is 4.05. The normalized spacial score (nSPS) is 13.8. The van der Waals surface area contributed by atoms with E-state index in [2.05, 4.69) is 0 Å². The van der Waals surface area contributed by atoms with Crippen molar-refractivity contribution < 1.29 is 27.5 Å². The van der Waals surface area contributed by atoms with E-state index in [0.29, 0.717) is 0 Å². The zero-order valence-corrected chi connectivity index (χ0v) is 14.0. The van der Waals surface area contributed by atoms with Crippen LogP contribution in [0.25, 0.3) is 0 Å². The molecule has 0 aliphatic carbocycles. The maximum absolute atomic E-state index is 12.3. The summed E-state index contributed by atoms with van der Waals surface area (Å²) in [4.78, 5) is 35.3. The zero-order valence-electron chi connectivity index (χ0n) is 13.2. The van der Waals surface area contributed by atoms with E-state index in [4.69, 9.17) is 0 Å². The molecule has 0 unspecified atom stereocenters. The lowest BCUT2D eigenvalue weighted by molar-refractivity contribution is -0.385. The highest BCUT2D eigenvalue weighted by Gasteiger charge is 2.35. The van der Waals surface area contributed by atoms with E-state index in [1.807, 2.05) is 0 Å². The Hall–Kier alpha value is -3.11. The van der Waals surface area contributed by atoms with Gasteiger partial charge in [0.2, 0.25) is 0 Å². The number of nitro groups is 1. The molecule has 10 heteroatoms. The Morgan fingerprint density at radius 3 is 2.08 bits per heavy atom. The van der Waals surface area contributed by atoms with Gasteiger partial charge in [0.05, 0.1) is 21.6 Å². The van der Waals surface area contributed by atoms with Crippen molar-refractivity contribution >= 4 is 27.6 Å². The Labute approximate surface area is 147 Å². The van der Waals surface area contributed by atoms with Crippen molar-refractivity contribution in [1.29, 1.82) is 0 Å². The van der Waals surface area contributed by atoms with Gasteiger partial charge in [0.1, 0.15) is 4.90 Å². The first-order valence-electron chi connectivity index (χ1n) is 7.41. The molecule has 26 heavy (non-hydrogen) atoms. The minimum atomic E-state index is -4.71. The predicted octanol–water partition coefficient (Wildman–Crippen LogP) is 1.68. The van der Waals surface area contributed by atoms with Gasteiger partial charge in [0.25, 0.3) is 27.6 Å². The third-order valence-corrected chi connectivity index (χ3v) is 4.98. The van der Waals surface area contributed by atoms with Crippen molar-refractivity contribution in [2.24, 2.45) is 0 Å². The number of hydrogen-bond donors (Lipinski definition) is 1. The molecule has 9 nitrogen and oxygen atoms in total. The molecule has 0 spiro atoms. The third kappa shape index (κ3) is 2.95. The van der Waals surface area contributed by atoms with Gasteiger partial charge in [-0.05, 0) is 24.6 Å². The molecule has 0 saturated heterocycles. The second-order valence-electron chi connectivity index (χ2n) is 5.54. The molecule has 134 valence electrons. The van der Waals surface area contributed by atoms with Crippen molar-refractivity contribution in [2.75, 3.05) is 6.54 Å². The number of nitro benzene ring substituents is 1. The van der Waals surface area contributed by atoms with Crippen LogP contribution in [0.3, 0.4) is 0 Å². The molecule has 0 aromatic heterocycles. The molecule has 2 aromatic carbocycles. The van der Waals surface area contributed by atoms with Crippen LogP contribution < -0.4 is 0 Å². The lowest BCUT2D eigenvalue weighted by Crippen LogP contribution is -2.32. The molecule has 0 saturated carbocycles. The van der Waals surface area contributed by atoms with E-state index in [-0.39, 0.29) is 29.7 Å². The molecule has 2 amide bonds. The lowest BCUT2D eigenvalue weighted by Gasteiger charge is -2.15. The van der Waals surface area contributed by atoms with E-state index in [9.17, 15) is 32.7 Å². The molecule has 1 aliphatic rings. The zero-order chi connectivity index (χ0) is 19.1. The van der Waals surface area contributed by atoms with E-state index >= 15 is 0 Å². The number of benzene rings is 2. The van der Waals surface area contributed by atoms with Crippen LogP contribution in [0.5, 0.6) is 0 Å². The quantitative estimate of drug-likeness (QED) is 0.363. The number of carbonyl (C=O) groups is 2. The van der Waals surface area contributed by atoms with Crippen LogP contribution in [0, 0.1) is 10.1 Å². The van der Waals surface area contributed by atoms with Gasteiger partial charge in [-0.15, -0.1) is 0 Å². The van der Waals surface area contributed by atoms with E-state index in [0.717, 1.165) is 23.1 Å². The standard InChI is InChI=1S/C16H12N2O7S/c19-15-10-4-1-2-5-11(10)16(20)17(15)9-8-12-13(18(21)22)6-3-7-14(12)26(23,24)25/h1-7H,8-9H2,(H,23,24,25). The molecule has 0 fully saturated rings. The summed E-state index contributed by atoms with van der Waals surface area (Å²) in [6.45, 7) is -0.264. The molecule has 2 aromatic rings. The molecular weight excluding hydrogens is 364 g/mol. The fourth-order valence-corrected chi connectivity index (χ4v) is 3.65. The molecule has 1 aliphatic heterocycles. The van der Waals surface area contributed by atoms with Gasteiger partial charge in [0.15, 0.2) is 0 Å². The molecule has 1 N–H and O–H groups in total. The Bertz CT molecular complexity index is 1010. The van der Waals surface area contributed by atoms with Gasteiger partial charge in [-0.25, -0.2) is 0 Å². The first kappa shape index (κ1) is 17.7. The Kier molecular flexibility index (Phi) is 4.30. The highest BCUT2D eigenvalue weighted by atomic mass is 32.2. The predicted molar refractivity (Wildman–Crippen MR) is 88.4 cm³/mol. The summed E-state index contributed by atoms with van der Waals surface area (Å²) in [5.74, 6) is -1.12. The SMILES string of the molecule is O=C1c2ccccc2C(=O)N1CCc1c([N+](=O)[O-])cccc1S(=O)(=O)O. The van der Waals surface area contributed by atoms with Crippen molar-refractivity contribution in [3.63, 3.8) is 0 Å². The number of hydrogen-bond acceptors (Lipinski definition) is 6. The number of rotatable bonds is 5. The number of amides is 2. The van der Waals surface area contributed by atoms with Gasteiger partial charge in [-0.2, -0.15) is 8.42 Å². The van der Waals surface area contributed by atoms with Crippen LogP contribution in [0.15, 0.2) is 47.4 Å². The minimum Gasteiger partial charge on any atom is -0.282 e. The summed E-state index contributed by atoms with van der Waals surface area (Å²) < 4.78 is 32.4. The van der Waals surface area contributed by atoms with Crippen molar-refractivity contribution in [3.05, 3.63) is 69.3 Å². The Balaban J connectivity index is 1.95. The topological polar surface area (TPSA) is 135 Å². The van der Waals surface area contributed by atoms with Crippen LogP contribution >= 0.6 is 0 Å². The van der Waals surface area contributed by atoms with Crippen molar-refractivity contribution in [2.45, 2.75) is 11.3 Å². The molecule has 0 atom stereocenters. The van der Waals surface area contributed by atoms with E-state index < -0.39 is 37.4 Å². The maximum atomic E-state index is 12.3. The summed E-state index contributed by atoms with van der Waals surface area (Å²) in [5.41, 5.74) is -0.349. The maximum Gasteiger partial charge on any atom is 0.295 e. The number of imide groups is 1. The molecular formula is C16H12N2O7S. The van der Waals surface area contributed by atoms with Crippen LogP contribution in [0.2, 0.25) is 0 Å². The average molecular weight is 376 g/mol. The smallest absolute Gasteiger partial charge is 0.282 e. The first-order valence-corrected chi connectivity index (χ1v) is 8.85. The second kappa shape index (κ2) is 6.32. The molecule has 3 rings (SSSR count). The Morgan fingerprint density at radius 2 is 1.58 bits per heavy atom. The Morgan fingerprint density at radius 1 is 1.00 bits per heavy atom. The highest BCUT2D eigenvalue weighted by molar-refractivity contribution is 7.85. The van der Waals surface area contributed by atoms with Gasteiger partial charge in [-0.1, -0.05) is 18.2 Å². The lowest BCUT2D eigenvalue weighted by atomic mass is 10.1. The van der Waals surface area contributed by atoms with Crippen LogP contribution in [-0.4, -0.2) is 41.2 Å². The number of fused-ring (bicyclic) bond motifs is 1. The number of carbonyl (C=O) groups excluding carboxylic acids is 2. The van der Waals surface area contributed by atoms with Gasteiger partial charge >= 0.3 is 0 Å². The van der Waals surface area contributed by atoms with Crippen molar-refractivity contribution in [1.82, 2.24) is 4.90 Å². The van der Waals surface area contributed by atoms with Gasteiger partial charge in [0, 0.05) is 12.6 Å². The first-order chi connectivity index (χ1) is 12.2. The molecule has 1 heterocycles. The van der Waals surface area contributed by atoms with Gasteiger partial charge < -0.3 is 0 Å². The fraction of sp³-hybridized carbons (Fsp3) is 0.125. The monoisotopic (exact) mass is 376 g/mol. The minimum absolute atomic E-state index is 0.218. The average Bonchev–Trinajstić information content (AvgIpc) is 2.83. The van der Waals surface area contributed by atoms with Crippen LogP contribution in [0.1, 0.15) is 26.3 Å². The molecule has 0 radical (unpaired) electrons. The summed E-state index contributed by atoms with van der Waals surface area (Å²) in [6, 6.07) is 9.44. The largest absolute Gasteiger partial charge is 0.295 e. The summed E-state index contributed by atoms with van der Waals surface area (Å²) in [5, 5.41) is 11.2. The summed E-state index contributed by atoms with van der Waals surface area (Å²) in [6.07, 6.45) is -0.294. The van der Waals surface area contributed by atoms with E-state index in [1.54, 1.807) is 12.1 Å². The number of nitrogens with zero attached hydrogens (tertiary/aromatic N) is 2. The molecule has 0 bridgehead atoms. The second-order valence-corrected chi connectivity index (χ2v) is 6.93. The highest BCUT2D eigenvalue weighted by Crippen LogP contribution is 2.28. The van der Waals surface area contributed by atoms with Gasteiger partial charge in [-0.3, -0.25) is 29.2 Å². The van der Waals surface area contributed by atoms with Crippen LogP contribution in [-0.2, 0) is 16.5 Å². The fourth-order valence-electron chi connectivity index (χ4n) is 2.88.